The molecule has 2 rings (SSSR count). The molecule has 17 heavy (non-hydrogen) atoms. The number of rotatable bonds is 2. The fraction of sp³-hybridized carbons (Fsp3) is 0.133. The van der Waals surface area contributed by atoms with Crippen LogP contribution in [0.3, 0.4) is 0 Å². The molecule has 2 heteroatoms. The van der Waals surface area contributed by atoms with Crippen LogP contribution in [0.5, 0.6) is 11.5 Å². The number of hydrogen-bond donors (Lipinski definition) is 0. The molecule has 0 aliphatic heterocycles. The Kier molecular flexibility index (Phi) is 3.11. The monoisotopic (exact) mass is 223 g/mol. The summed E-state index contributed by atoms with van der Waals surface area (Å²) in [6.07, 6.45) is 0. The molecule has 0 radical (unpaired) electrons. The summed E-state index contributed by atoms with van der Waals surface area (Å²) in [6, 6.07) is 15.5. The second-order valence-corrected chi connectivity index (χ2v) is 3.96. The van der Waals surface area contributed by atoms with Crippen molar-refractivity contribution in [2.24, 2.45) is 0 Å². The van der Waals surface area contributed by atoms with Gasteiger partial charge in [0.1, 0.15) is 11.5 Å². The Morgan fingerprint density at radius 3 is 2.41 bits per heavy atom. The minimum Gasteiger partial charge on any atom is -0.457 e. The molecule has 2 aromatic carbocycles. The molecule has 0 aromatic heterocycles. The molecule has 0 saturated heterocycles. The van der Waals surface area contributed by atoms with Crippen molar-refractivity contribution in [2.45, 2.75) is 13.8 Å². The van der Waals surface area contributed by atoms with Gasteiger partial charge >= 0.3 is 0 Å². The number of nitriles is 1. The maximum atomic E-state index is 8.85. The van der Waals surface area contributed by atoms with E-state index in [0.717, 1.165) is 22.6 Å². The summed E-state index contributed by atoms with van der Waals surface area (Å²) in [5, 5.41) is 8.85. The molecule has 0 saturated carbocycles. The Bertz CT molecular complexity index is 582. The van der Waals surface area contributed by atoms with Gasteiger partial charge in [0, 0.05) is 0 Å². The van der Waals surface area contributed by atoms with Gasteiger partial charge in [-0.25, -0.2) is 0 Å². The van der Waals surface area contributed by atoms with E-state index in [-0.39, 0.29) is 0 Å². The minimum atomic E-state index is 0.683. The highest BCUT2D eigenvalue weighted by atomic mass is 16.5. The number of hydrogen-bond acceptors (Lipinski definition) is 2. The van der Waals surface area contributed by atoms with E-state index >= 15 is 0 Å². The van der Waals surface area contributed by atoms with Gasteiger partial charge in [0.05, 0.1) is 11.6 Å². The van der Waals surface area contributed by atoms with Gasteiger partial charge in [0.15, 0.2) is 0 Å². The highest BCUT2D eigenvalue weighted by molar-refractivity contribution is 5.44. The first kappa shape index (κ1) is 11.2. The SMILES string of the molecule is Cc1cc(Oc2ccccc2C)ccc1C#N. The topological polar surface area (TPSA) is 33.0 Å². The lowest BCUT2D eigenvalue weighted by Crippen LogP contribution is -1.89. The molecule has 0 heterocycles. The van der Waals surface area contributed by atoms with E-state index in [2.05, 4.69) is 6.07 Å². The maximum Gasteiger partial charge on any atom is 0.130 e. The Hall–Kier alpha value is -2.27. The Morgan fingerprint density at radius 2 is 1.76 bits per heavy atom. The molecule has 0 aliphatic carbocycles. The largest absolute Gasteiger partial charge is 0.457 e. The molecule has 0 spiro atoms. The summed E-state index contributed by atoms with van der Waals surface area (Å²) in [4.78, 5) is 0. The number of benzene rings is 2. The predicted molar refractivity (Wildman–Crippen MR) is 67.1 cm³/mol. The Labute approximate surface area is 101 Å². The fourth-order valence-electron chi connectivity index (χ4n) is 1.62. The van der Waals surface area contributed by atoms with Crippen LogP contribution in [-0.2, 0) is 0 Å². The van der Waals surface area contributed by atoms with Gasteiger partial charge in [-0.1, -0.05) is 18.2 Å². The van der Waals surface area contributed by atoms with E-state index in [1.54, 1.807) is 6.07 Å². The maximum absolute atomic E-state index is 8.85. The van der Waals surface area contributed by atoms with Crippen LogP contribution in [0.2, 0.25) is 0 Å². The van der Waals surface area contributed by atoms with Crippen LogP contribution in [0.4, 0.5) is 0 Å². The zero-order valence-electron chi connectivity index (χ0n) is 9.90. The van der Waals surface area contributed by atoms with Gasteiger partial charge in [-0.15, -0.1) is 0 Å². The van der Waals surface area contributed by atoms with E-state index in [0.29, 0.717) is 5.56 Å². The van der Waals surface area contributed by atoms with Crippen molar-refractivity contribution in [3.8, 4) is 17.6 Å². The average molecular weight is 223 g/mol. The first-order valence-electron chi connectivity index (χ1n) is 5.45. The van der Waals surface area contributed by atoms with Crippen LogP contribution < -0.4 is 4.74 Å². The van der Waals surface area contributed by atoms with E-state index < -0.39 is 0 Å². The third kappa shape index (κ3) is 2.46. The first-order chi connectivity index (χ1) is 8.20. The summed E-state index contributed by atoms with van der Waals surface area (Å²) in [7, 11) is 0. The van der Waals surface area contributed by atoms with Crippen molar-refractivity contribution < 1.29 is 4.74 Å². The lowest BCUT2D eigenvalue weighted by molar-refractivity contribution is 0.478. The second-order valence-electron chi connectivity index (χ2n) is 3.96. The number of para-hydroxylation sites is 1. The van der Waals surface area contributed by atoms with Crippen LogP contribution >= 0.6 is 0 Å². The van der Waals surface area contributed by atoms with E-state index in [1.165, 1.54) is 0 Å². The first-order valence-corrected chi connectivity index (χ1v) is 5.45. The molecule has 0 bridgehead atoms. The quantitative estimate of drug-likeness (QED) is 0.771. The van der Waals surface area contributed by atoms with E-state index in [9.17, 15) is 0 Å². The van der Waals surface area contributed by atoms with Crippen LogP contribution in [0, 0.1) is 25.2 Å². The summed E-state index contributed by atoms with van der Waals surface area (Å²) in [5.41, 5.74) is 2.70. The Morgan fingerprint density at radius 1 is 1.00 bits per heavy atom. The van der Waals surface area contributed by atoms with Crippen molar-refractivity contribution in [3.63, 3.8) is 0 Å². The van der Waals surface area contributed by atoms with E-state index in [4.69, 9.17) is 10.00 Å². The van der Waals surface area contributed by atoms with Crippen molar-refractivity contribution in [1.82, 2.24) is 0 Å². The van der Waals surface area contributed by atoms with Crippen LogP contribution in [0.1, 0.15) is 16.7 Å². The lowest BCUT2D eigenvalue weighted by atomic mass is 10.1. The smallest absolute Gasteiger partial charge is 0.130 e. The second kappa shape index (κ2) is 4.71. The molecular formula is C15H13NO. The zero-order valence-corrected chi connectivity index (χ0v) is 9.90. The molecule has 2 nitrogen and oxygen atoms in total. The molecule has 84 valence electrons. The highest BCUT2D eigenvalue weighted by Crippen LogP contribution is 2.26. The summed E-state index contributed by atoms with van der Waals surface area (Å²) in [5.74, 6) is 1.60. The third-order valence-corrected chi connectivity index (χ3v) is 2.64. The lowest BCUT2D eigenvalue weighted by Gasteiger charge is -2.09. The number of ether oxygens (including phenoxy) is 1. The standard InChI is InChI=1S/C15H13NO/c1-11-5-3-4-6-15(11)17-14-8-7-13(10-16)12(2)9-14/h3-9H,1-2H3. The van der Waals surface area contributed by atoms with Gasteiger partial charge in [-0.05, 0) is 49.2 Å². The van der Waals surface area contributed by atoms with Crippen LogP contribution in [-0.4, -0.2) is 0 Å². The van der Waals surface area contributed by atoms with Crippen molar-refractivity contribution in [3.05, 3.63) is 59.2 Å². The van der Waals surface area contributed by atoms with Gasteiger partial charge in [-0.2, -0.15) is 5.26 Å². The molecule has 0 amide bonds. The zero-order chi connectivity index (χ0) is 12.3. The molecule has 2 aromatic rings. The molecule has 0 aliphatic rings. The summed E-state index contributed by atoms with van der Waals surface area (Å²) in [6.45, 7) is 3.91. The fourth-order valence-corrected chi connectivity index (χ4v) is 1.62. The van der Waals surface area contributed by atoms with Crippen molar-refractivity contribution >= 4 is 0 Å². The number of aryl methyl sites for hydroxylation is 2. The average Bonchev–Trinajstić information content (AvgIpc) is 2.32. The molecule has 0 fully saturated rings. The van der Waals surface area contributed by atoms with Crippen LogP contribution in [0.25, 0.3) is 0 Å². The summed E-state index contributed by atoms with van der Waals surface area (Å²) >= 11 is 0. The normalized spacial score (nSPS) is 9.71. The van der Waals surface area contributed by atoms with Gasteiger partial charge in [0.2, 0.25) is 0 Å². The Balaban J connectivity index is 2.29. The predicted octanol–water partition coefficient (Wildman–Crippen LogP) is 3.97. The molecule has 0 unspecified atom stereocenters. The van der Waals surface area contributed by atoms with Crippen molar-refractivity contribution in [1.29, 1.82) is 5.26 Å². The molecule has 0 N–H and O–H groups in total. The minimum absolute atomic E-state index is 0.683. The van der Waals surface area contributed by atoms with Gasteiger partial charge < -0.3 is 4.74 Å². The third-order valence-electron chi connectivity index (χ3n) is 2.64. The molecule has 0 atom stereocenters. The number of nitrogens with zero attached hydrogens (tertiary/aromatic N) is 1. The summed E-state index contributed by atoms with van der Waals surface area (Å²) < 4.78 is 5.78. The molecular weight excluding hydrogens is 210 g/mol. The van der Waals surface area contributed by atoms with Crippen LogP contribution in [0.15, 0.2) is 42.5 Å². The van der Waals surface area contributed by atoms with E-state index in [1.807, 2.05) is 50.2 Å². The van der Waals surface area contributed by atoms with Crippen molar-refractivity contribution in [2.75, 3.05) is 0 Å². The van der Waals surface area contributed by atoms with Gasteiger partial charge in [-0.3, -0.25) is 0 Å². The van der Waals surface area contributed by atoms with Gasteiger partial charge in [0.25, 0.3) is 0 Å². The highest BCUT2D eigenvalue weighted by Gasteiger charge is 2.03.